The van der Waals surface area contributed by atoms with E-state index in [9.17, 15) is 14.0 Å². The molecule has 0 amide bonds. The maximum absolute atomic E-state index is 13.6. The van der Waals surface area contributed by atoms with Gasteiger partial charge in [-0.3, -0.25) is 9.59 Å². The number of nitrogens with one attached hydrogen (secondary N) is 1. The van der Waals surface area contributed by atoms with E-state index in [1.807, 2.05) is 6.07 Å². The molecular formula is C17H12FNO3. The van der Waals surface area contributed by atoms with Crippen LogP contribution in [-0.2, 0) is 4.79 Å². The first-order valence-electron chi connectivity index (χ1n) is 6.65. The molecule has 0 fully saturated rings. The molecule has 1 aromatic heterocycles. The second-order valence-electron chi connectivity index (χ2n) is 4.81. The number of hydrogen-bond acceptors (Lipinski definition) is 3. The first-order valence-corrected chi connectivity index (χ1v) is 6.65. The van der Waals surface area contributed by atoms with E-state index < -0.39 is 17.3 Å². The number of halogens is 1. The second kappa shape index (κ2) is 5.44. The molecule has 0 spiro atoms. The Kier molecular flexibility index (Phi) is 3.47. The van der Waals surface area contributed by atoms with Gasteiger partial charge in [0, 0.05) is 12.3 Å². The fourth-order valence-corrected chi connectivity index (χ4v) is 2.35. The van der Waals surface area contributed by atoms with Crippen molar-refractivity contribution >= 4 is 16.9 Å². The molecule has 22 heavy (non-hydrogen) atoms. The van der Waals surface area contributed by atoms with Crippen LogP contribution in [0.5, 0.6) is 5.75 Å². The molecule has 0 aliphatic rings. The minimum atomic E-state index is -0.576. The SMILES string of the molecule is CC(=O)Oc1c(-c2ccccc2)c(=O)[nH]c2ccc(F)cc12. The largest absolute Gasteiger partial charge is 0.425 e. The van der Waals surface area contributed by atoms with Crippen molar-refractivity contribution in [2.75, 3.05) is 0 Å². The van der Waals surface area contributed by atoms with Crippen LogP contribution < -0.4 is 10.3 Å². The highest BCUT2D eigenvalue weighted by Gasteiger charge is 2.17. The predicted octanol–water partition coefficient (Wildman–Crippen LogP) is 3.26. The maximum atomic E-state index is 13.6. The first-order chi connectivity index (χ1) is 10.6. The van der Waals surface area contributed by atoms with E-state index in [1.54, 1.807) is 24.3 Å². The van der Waals surface area contributed by atoms with Crippen LogP contribution >= 0.6 is 0 Å². The van der Waals surface area contributed by atoms with Gasteiger partial charge in [-0.25, -0.2) is 4.39 Å². The number of ether oxygens (including phenoxy) is 1. The monoisotopic (exact) mass is 297 g/mol. The zero-order valence-corrected chi connectivity index (χ0v) is 11.7. The van der Waals surface area contributed by atoms with Gasteiger partial charge < -0.3 is 9.72 Å². The summed E-state index contributed by atoms with van der Waals surface area (Å²) in [6.45, 7) is 1.24. The molecule has 0 radical (unpaired) electrons. The van der Waals surface area contributed by atoms with Crippen LogP contribution in [0, 0.1) is 5.82 Å². The molecule has 4 nitrogen and oxygen atoms in total. The highest BCUT2D eigenvalue weighted by molar-refractivity contribution is 5.94. The zero-order chi connectivity index (χ0) is 15.7. The van der Waals surface area contributed by atoms with Gasteiger partial charge in [0.25, 0.3) is 5.56 Å². The predicted molar refractivity (Wildman–Crippen MR) is 81.3 cm³/mol. The molecule has 1 N–H and O–H groups in total. The molecule has 0 aliphatic carbocycles. The minimum absolute atomic E-state index is 0.0666. The minimum Gasteiger partial charge on any atom is -0.425 e. The smallest absolute Gasteiger partial charge is 0.308 e. The molecule has 3 aromatic rings. The van der Waals surface area contributed by atoms with Crippen LogP contribution in [0.1, 0.15) is 6.92 Å². The lowest BCUT2D eigenvalue weighted by Gasteiger charge is -2.12. The van der Waals surface area contributed by atoms with Gasteiger partial charge in [-0.1, -0.05) is 30.3 Å². The number of esters is 1. The fourth-order valence-electron chi connectivity index (χ4n) is 2.35. The number of benzene rings is 2. The average Bonchev–Trinajstić information content (AvgIpc) is 2.48. The quantitative estimate of drug-likeness (QED) is 0.739. The Morgan fingerprint density at radius 2 is 1.86 bits per heavy atom. The number of hydrogen-bond donors (Lipinski definition) is 1. The molecule has 0 saturated heterocycles. The van der Waals surface area contributed by atoms with E-state index in [0.29, 0.717) is 16.5 Å². The molecule has 110 valence electrons. The summed E-state index contributed by atoms with van der Waals surface area (Å²) in [5, 5.41) is 0.341. The molecule has 0 atom stereocenters. The van der Waals surface area contributed by atoms with Gasteiger partial charge in [-0.15, -0.1) is 0 Å². The van der Waals surface area contributed by atoms with Crippen molar-refractivity contribution < 1.29 is 13.9 Å². The maximum Gasteiger partial charge on any atom is 0.308 e. The van der Waals surface area contributed by atoms with E-state index in [2.05, 4.69) is 4.98 Å². The molecule has 2 aromatic carbocycles. The number of aromatic amines is 1. The van der Waals surface area contributed by atoms with Crippen LogP contribution in [0.25, 0.3) is 22.0 Å². The third kappa shape index (κ3) is 2.48. The van der Waals surface area contributed by atoms with Crippen LogP contribution in [0.15, 0.2) is 53.3 Å². The highest BCUT2D eigenvalue weighted by Crippen LogP contribution is 2.33. The molecule has 0 unspecified atom stereocenters. The number of pyridine rings is 1. The summed E-state index contributed by atoms with van der Waals surface area (Å²) < 4.78 is 18.8. The number of carbonyl (C=O) groups is 1. The number of fused-ring (bicyclic) bond motifs is 1. The number of aromatic nitrogens is 1. The summed E-state index contributed by atoms with van der Waals surface area (Å²) >= 11 is 0. The van der Waals surface area contributed by atoms with Gasteiger partial charge in [-0.2, -0.15) is 0 Å². The van der Waals surface area contributed by atoms with Gasteiger partial charge in [0.05, 0.1) is 11.1 Å². The second-order valence-corrected chi connectivity index (χ2v) is 4.81. The highest BCUT2D eigenvalue weighted by atomic mass is 19.1. The van der Waals surface area contributed by atoms with Crippen molar-refractivity contribution in [2.45, 2.75) is 6.92 Å². The topological polar surface area (TPSA) is 59.2 Å². The van der Waals surface area contributed by atoms with Gasteiger partial charge in [-0.05, 0) is 23.8 Å². The van der Waals surface area contributed by atoms with Gasteiger partial charge in [0.1, 0.15) is 5.82 Å². The Bertz CT molecular complexity index is 916. The summed E-state index contributed by atoms with van der Waals surface area (Å²) in [5.41, 5.74) is 0.795. The van der Waals surface area contributed by atoms with Gasteiger partial charge in [0.15, 0.2) is 5.75 Å². The van der Waals surface area contributed by atoms with Crippen molar-refractivity contribution in [1.82, 2.24) is 4.98 Å². The number of H-pyrrole nitrogens is 1. The Morgan fingerprint density at radius 3 is 2.55 bits per heavy atom. The molecule has 0 saturated carbocycles. The molecule has 0 bridgehead atoms. The Morgan fingerprint density at radius 1 is 1.14 bits per heavy atom. The van der Waals surface area contributed by atoms with Gasteiger partial charge in [0.2, 0.25) is 0 Å². The lowest BCUT2D eigenvalue weighted by molar-refractivity contribution is -0.131. The summed E-state index contributed by atoms with van der Waals surface area (Å²) in [6.07, 6.45) is 0. The van der Waals surface area contributed by atoms with E-state index in [0.717, 1.165) is 0 Å². The number of carbonyl (C=O) groups excluding carboxylic acids is 1. The Hall–Kier alpha value is -2.95. The zero-order valence-electron chi connectivity index (χ0n) is 11.7. The molecular weight excluding hydrogens is 285 g/mol. The van der Waals surface area contributed by atoms with Crippen molar-refractivity contribution in [3.63, 3.8) is 0 Å². The first kappa shape index (κ1) is 14.0. The van der Waals surface area contributed by atoms with E-state index in [1.165, 1.54) is 25.1 Å². The standard InChI is InChI=1S/C17H12FNO3/c1-10(20)22-16-13-9-12(18)7-8-14(13)19-17(21)15(16)11-5-3-2-4-6-11/h2-9H,1H3,(H,19,21). The third-order valence-corrected chi connectivity index (χ3v) is 3.24. The van der Waals surface area contributed by atoms with E-state index in [4.69, 9.17) is 4.74 Å². The summed E-state index contributed by atoms with van der Waals surface area (Å²) in [7, 11) is 0. The van der Waals surface area contributed by atoms with Crippen LogP contribution in [-0.4, -0.2) is 11.0 Å². The normalized spacial score (nSPS) is 10.6. The summed E-state index contributed by atoms with van der Waals surface area (Å²) in [4.78, 5) is 26.5. The van der Waals surface area contributed by atoms with Gasteiger partial charge >= 0.3 is 5.97 Å². The summed E-state index contributed by atoms with van der Waals surface area (Å²) in [6, 6.07) is 12.7. The fraction of sp³-hybridized carbons (Fsp3) is 0.0588. The van der Waals surface area contributed by atoms with Crippen LogP contribution in [0.3, 0.4) is 0 Å². The summed E-state index contributed by atoms with van der Waals surface area (Å²) in [5.74, 6) is -0.989. The van der Waals surface area contributed by atoms with Crippen LogP contribution in [0.2, 0.25) is 0 Å². The van der Waals surface area contributed by atoms with Crippen molar-refractivity contribution in [3.05, 3.63) is 64.7 Å². The van der Waals surface area contributed by atoms with Crippen molar-refractivity contribution in [3.8, 4) is 16.9 Å². The molecule has 5 heteroatoms. The Labute approximate surface area is 125 Å². The number of rotatable bonds is 2. The van der Waals surface area contributed by atoms with Crippen molar-refractivity contribution in [1.29, 1.82) is 0 Å². The lowest BCUT2D eigenvalue weighted by Crippen LogP contribution is -2.14. The molecule has 3 rings (SSSR count). The third-order valence-electron chi connectivity index (χ3n) is 3.24. The van der Waals surface area contributed by atoms with Crippen molar-refractivity contribution in [2.24, 2.45) is 0 Å². The van der Waals surface area contributed by atoms with Crippen LogP contribution in [0.4, 0.5) is 4.39 Å². The molecule has 0 aliphatic heterocycles. The van der Waals surface area contributed by atoms with E-state index >= 15 is 0 Å². The average molecular weight is 297 g/mol. The van der Waals surface area contributed by atoms with E-state index in [-0.39, 0.29) is 11.3 Å². The molecule has 1 heterocycles. The lowest BCUT2D eigenvalue weighted by atomic mass is 10.0. The Balaban J connectivity index is 2.42.